The Balaban J connectivity index is 3.80. The second-order valence-electron chi connectivity index (χ2n) is 2.49. The van der Waals surface area contributed by atoms with Crippen LogP contribution < -0.4 is 5.32 Å². The Morgan fingerprint density at radius 3 is 2.67 bits per heavy atom. The molecule has 0 saturated heterocycles. The lowest BCUT2D eigenvalue weighted by molar-refractivity contribution is -0.145. The number of esters is 1. The fourth-order valence-electron chi connectivity index (χ4n) is 0.748. The molecule has 1 N–H and O–H groups in total. The molecule has 0 aromatic heterocycles. The zero-order chi connectivity index (χ0) is 9.56. The van der Waals surface area contributed by atoms with Crippen LogP contribution in [0.4, 0.5) is 0 Å². The Kier molecular flexibility index (Phi) is 5.06. The average Bonchev–Trinajstić information content (AvgIpc) is 2.04. The maximum Gasteiger partial charge on any atom is 0.322 e. The smallest absolute Gasteiger partial charge is 0.322 e. The van der Waals surface area contributed by atoms with Crippen LogP contribution in [0.1, 0.15) is 20.8 Å². The van der Waals surface area contributed by atoms with E-state index in [2.05, 4.69) is 5.32 Å². The lowest BCUT2D eigenvalue weighted by Gasteiger charge is -2.13. The Morgan fingerprint density at radius 1 is 1.67 bits per heavy atom. The highest BCUT2D eigenvalue weighted by Gasteiger charge is 2.15. The number of rotatable bonds is 4. The van der Waals surface area contributed by atoms with E-state index in [4.69, 9.17) is 10.00 Å². The lowest BCUT2D eigenvalue weighted by Crippen LogP contribution is -2.40. The molecule has 0 aromatic carbocycles. The number of nitrogens with one attached hydrogen (secondary N) is 1. The first kappa shape index (κ1) is 10.9. The van der Waals surface area contributed by atoms with Crippen molar-refractivity contribution in [3.05, 3.63) is 0 Å². The van der Waals surface area contributed by atoms with E-state index in [9.17, 15) is 4.79 Å². The molecule has 4 heteroatoms. The minimum Gasteiger partial charge on any atom is -0.465 e. The summed E-state index contributed by atoms with van der Waals surface area (Å²) in [4.78, 5) is 11.0. The quantitative estimate of drug-likeness (QED) is 0.622. The summed E-state index contributed by atoms with van der Waals surface area (Å²) in [6.45, 7) is 5.48. The van der Waals surface area contributed by atoms with Gasteiger partial charge in [0, 0.05) is 0 Å². The summed E-state index contributed by atoms with van der Waals surface area (Å²) in [6.07, 6.45) is 0. The zero-order valence-electron chi connectivity index (χ0n) is 7.63. The predicted molar refractivity (Wildman–Crippen MR) is 44.3 cm³/mol. The van der Waals surface area contributed by atoms with Crippen molar-refractivity contribution in [3.63, 3.8) is 0 Å². The third-order valence-electron chi connectivity index (χ3n) is 1.33. The van der Waals surface area contributed by atoms with Gasteiger partial charge in [0.1, 0.15) is 6.04 Å². The van der Waals surface area contributed by atoms with Crippen LogP contribution in [0, 0.1) is 11.3 Å². The summed E-state index contributed by atoms with van der Waals surface area (Å²) in [5.41, 5.74) is 0. The Hall–Kier alpha value is -1.08. The number of ether oxygens (including phenoxy) is 1. The van der Waals surface area contributed by atoms with E-state index in [1.165, 1.54) is 0 Å². The number of carbonyl (C=O) groups excluding carboxylic acids is 1. The number of hydrogen-bond acceptors (Lipinski definition) is 4. The van der Waals surface area contributed by atoms with Gasteiger partial charge in [0.25, 0.3) is 0 Å². The van der Waals surface area contributed by atoms with Crippen LogP contribution in [0.3, 0.4) is 0 Å². The van der Waals surface area contributed by atoms with Crippen LogP contribution in [0.5, 0.6) is 0 Å². The molecule has 0 aromatic rings. The van der Waals surface area contributed by atoms with Crippen molar-refractivity contribution in [1.82, 2.24) is 5.32 Å². The van der Waals surface area contributed by atoms with Gasteiger partial charge in [-0.1, -0.05) is 0 Å². The fourth-order valence-corrected chi connectivity index (χ4v) is 0.748. The second-order valence-corrected chi connectivity index (χ2v) is 2.49. The molecule has 0 saturated carbocycles. The third-order valence-corrected chi connectivity index (χ3v) is 1.33. The fraction of sp³-hybridized carbons (Fsp3) is 0.750. The van der Waals surface area contributed by atoms with Crippen LogP contribution in [0.15, 0.2) is 0 Å². The molecule has 0 radical (unpaired) electrons. The lowest BCUT2D eigenvalue weighted by atomic mass is 10.3. The molecule has 0 aliphatic carbocycles. The molecule has 0 spiro atoms. The minimum absolute atomic E-state index is 0.320. The maximum absolute atomic E-state index is 11.0. The predicted octanol–water partition coefficient (Wildman–Crippen LogP) is 0.440. The van der Waals surface area contributed by atoms with E-state index in [0.717, 1.165) is 0 Å². The van der Waals surface area contributed by atoms with E-state index in [-0.39, 0.29) is 12.0 Å². The standard InChI is InChI=1S/C8H14N2O2/c1-4-12-8(11)7(3)10-6(2)5-9/h6-7,10H,4H2,1-3H3. The Labute approximate surface area is 72.5 Å². The van der Waals surface area contributed by atoms with E-state index in [1.807, 2.05) is 6.07 Å². The Morgan fingerprint density at radius 2 is 2.25 bits per heavy atom. The van der Waals surface area contributed by atoms with Crippen molar-refractivity contribution < 1.29 is 9.53 Å². The number of hydrogen-bond donors (Lipinski definition) is 1. The molecule has 12 heavy (non-hydrogen) atoms. The molecule has 0 aliphatic heterocycles. The van der Waals surface area contributed by atoms with Crippen LogP contribution >= 0.6 is 0 Å². The van der Waals surface area contributed by atoms with Gasteiger partial charge in [0.2, 0.25) is 0 Å². The first-order valence-electron chi connectivity index (χ1n) is 3.94. The first-order chi connectivity index (χ1) is 5.61. The molecule has 0 rings (SSSR count). The molecule has 0 amide bonds. The summed E-state index contributed by atoms with van der Waals surface area (Å²) in [5.74, 6) is -0.320. The molecular weight excluding hydrogens is 156 g/mol. The largest absolute Gasteiger partial charge is 0.465 e. The van der Waals surface area contributed by atoms with Gasteiger partial charge < -0.3 is 4.74 Å². The van der Waals surface area contributed by atoms with Crippen molar-refractivity contribution >= 4 is 5.97 Å². The third kappa shape index (κ3) is 3.94. The normalized spacial score (nSPS) is 14.5. The van der Waals surface area contributed by atoms with Gasteiger partial charge in [-0.05, 0) is 20.8 Å². The van der Waals surface area contributed by atoms with Crippen molar-refractivity contribution in [2.24, 2.45) is 0 Å². The van der Waals surface area contributed by atoms with Gasteiger partial charge in [0.05, 0.1) is 18.7 Å². The van der Waals surface area contributed by atoms with Crippen molar-refractivity contribution in [1.29, 1.82) is 5.26 Å². The minimum atomic E-state index is -0.417. The SMILES string of the molecule is CCOC(=O)C(C)NC(C)C#N. The van der Waals surface area contributed by atoms with Crippen molar-refractivity contribution in [2.45, 2.75) is 32.9 Å². The molecule has 0 fully saturated rings. The molecule has 0 heterocycles. The monoisotopic (exact) mass is 170 g/mol. The highest BCUT2D eigenvalue weighted by atomic mass is 16.5. The van der Waals surface area contributed by atoms with E-state index in [0.29, 0.717) is 6.61 Å². The summed E-state index contributed by atoms with van der Waals surface area (Å²) < 4.78 is 4.74. The summed E-state index contributed by atoms with van der Waals surface area (Å²) in [6, 6.07) is 1.23. The van der Waals surface area contributed by atoms with Gasteiger partial charge in [-0.15, -0.1) is 0 Å². The second kappa shape index (κ2) is 5.56. The van der Waals surface area contributed by atoms with Crippen LogP contribution in [-0.4, -0.2) is 24.7 Å². The van der Waals surface area contributed by atoms with Gasteiger partial charge in [-0.3, -0.25) is 10.1 Å². The van der Waals surface area contributed by atoms with Gasteiger partial charge in [-0.2, -0.15) is 5.26 Å². The highest BCUT2D eigenvalue weighted by molar-refractivity contribution is 5.75. The number of nitriles is 1. The first-order valence-corrected chi connectivity index (χ1v) is 3.94. The van der Waals surface area contributed by atoms with Gasteiger partial charge in [-0.25, -0.2) is 0 Å². The highest BCUT2D eigenvalue weighted by Crippen LogP contribution is 1.90. The average molecular weight is 170 g/mol. The van der Waals surface area contributed by atoms with Crippen LogP contribution in [-0.2, 0) is 9.53 Å². The van der Waals surface area contributed by atoms with Gasteiger partial charge in [0.15, 0.2) is 0 Å². The molecule has 2 atom stereocenters. The number of nitrogens with zero attached hydrogens (tertiary/aromatic N) is 1. The van der Waals surface area contributed by atoms with E-state index >= 15 is 0 Å². The molecule has 2 unspecified atom stereocenters. The molecular formula is C8H14N2O2. The summed E-state index contributed by atoms with van der Waals surface area (Å²) in [5, 5.41) is 11.2. The molecule has 0 aliphatic rings. The summed E-state index contributed by atoms with van der Waals surface area (Å²) >= 11 is 0. The van der Waals surface area contributed by atoms with E-state index < -0.39 is 6.04 Å². The summed E-state index contributed by atoms with van der Waals surface area (Å²) in [7, 11) is 0. The van der Waals surface area contributed by atoms with E-state index in [1.54, 1.807) is 20.8 Å². The molecule has 0 bridgehead atoms. The molecule has 4 nitrogen and oxygen atoms in total. The number of carbonyl (C=O) groups is 1. The zero-order valence-corrected chi connectivity index (χ0v) is 7.63. The van der Waals surface area contributed by atoms with Crippen molar-refractivity contribution in [3.8, 4) is 6.07 Å². The molecule has 68 valence electrons. The maximum atomic E-state index is 11.0. The topological polar surface area (TPSA) is 62.1 Å². The van der Waals surface area contributed by atoms with Crippen molar-refractivity contribution in [2.75, 3.05) is 6.61 Å². The van der Waals surface area contributed by atoms with Crippen LogP contribution in [0.25, 0.3) is 0 Å². The van der Waals surface area contributed by atoms with Crippen LogP contribution in [0.2, 0.25) is 0 Å². The Bertz CT molecular complexity index is 186. The van der Waals surface area contributed by atoms with Gasteiger partial charge >= 0.3 is 5.97 Å².